The number of rotatable bonds is 2. The summed E-state index contributed by atoms with van der Waals surface area (Å²) in [7, 11) is 0. The van der Waals surface area contributed by atoms with Gasteiger partial charge < -0.3 is 5.32 Å². The molecule has 0 heterocycles. The average molecular weight is 275 g/mol. The first kappa shape index (κ1) is 14.2. The topological polar surface area (TPSA) is 12.0 Å². The minimum Gasteiger partial charge on any atom is -0.380 e. The molecule has 1 saturated carbocycles. The molecule has 1 aromatic carbocycles. The summed E-state index contributed by atoms with van der Waals surface area (Å²) in [5, 5.41) is 3.01. The molecule has 1 aliphatic carbocycles. The highest BCUT2D eigenvalue weighted by Crippen LogP contribution is 2.32. The average Bonchev–Trinajstić information content (AvgIpc) is 2.33. The zero-order valence-corrected chi connectivity index (χ0v) is 10.7. The summed E-state index contributed by atoms with van der Waals surface area (Å²) < 4.78 is 50.9. The van der Waals surface area contributed by atoms with Crippen molar-refractivity contribution in [1.82, 2.24) is 0 Å². The Bertz CT molecular complexity index is 434. The van der Waals surface area contributed by atoms with E-state index in [2.05, 4.69) is 12.2 Å². The van der Waals surface area contributed by atoms with E-state index in [9.17, 15) is 17.6 Å². The van der Waals surface area contributed by atoms with E-state index in [4.69, 9.17) is 0 Å². The molecule has 0 amide bonds. The monoisotopic (exact) mass is 275 g/mol. The molecule has 1 N–H and O–H groups in total. The molecule has 0 bridgehead atoms. The second-order valence-electron chi connectivity index (χ2n) is 5.29. The summed E-state index contributed by atoms with van der Waals surface area (Å²) >= 11 is 0. The zero-order chi connectivity index (χ0) is 14.0. The SMILES string of the molecule is CC1CCC(Nc2ccc(C(F)(F)F)cc2F)CC1. The van der Waals surface area contributed by atoms with Crippen LogP contribution in [0.25, 0.3) is 0 Å². The molecule has 5 heteroatoms. The number of nitrogens with one attached hydrogen (secondary N) is 1. The first-order chi connectivity index (χ1) is 8.86. The van der Waals surface area contributed by atoms with Crippen molar-refractivity contribution in [1.29, 1.82) is 0 Å². The van der Waals surface area contributed by atoms with Crippen molar-refractivity contribution in [3.05, 3.63) is 29.6 Å². The molecule has 2 rings (SSSR count). The molecule has 1 aromatic rings. The van der Waals surface area contributed by atoms with Crippen LogP contribution in [-0.4, -0.2) is 6.04 Å². The number of halogens is 4. The zero-order valence-electron chi connectivity index (χ0n) is 10.7. The van der Waals surface area contributed by atoms with Crippen molar-refractivity contribution in [3.63, 3.8) is 0 Å². The van der Waals surface area contributed by atoms with E-state index >= 15 is 0 Å². The van der Waals surface area contributed by atoms with Gasteiger partial charge in [-0.3, -0.25) is 0 Å². The van der Waals surface area contributed by atoms with Gasteiger partial charge in [0.25, 0.3) is 0 Å². The van der Waals surface area contributed by atoms with Crippen LogP contribution in [0.1, 0.15) is 38.2 Å². The molecular weight excluding hydrogens is 258 g/mol. The van der Waals surface area contributed by atoms with E-state index in [1.165, 1.54) is 6.07 Å². The Morgan fingerprint density at radius 1 is 1.11 bits per heavy atom. The van der Waals surface area contributed by atoms with Gasteiger partial charge in [0.2, 0.25) is 0 Å². The van der Waals surface area contributed by atoms with E-state index in [0.717, 1.165) is 31.7 Å². The van der Waals surface area contributed by atoms with Crippen LogP contribution in [0.3, 0.4) is 0 Å². The van der Waals surface area contributed by atoms with Crippen LogP contribution in [0.4, 0.5) is 23.2 Å². The largest absolute Gasteiger partial charge is 0.416 e. The Morgan fingerprint density at radius 3 is 2.26 bits per heavy atom. The molecular formula is C14H17F4N. The minimum absolute atomic E-state index is 0.155. The van der Waals surface area contributed by atoms with Crippen LogP contribution in [0.5, 0.6) is 0 Å². The van der Waals surface area contributed by atoms with Gasteiger partial charge in [-0.15, -0.1) is 0 Å². The highest BCUT2D eigenvalue weighted by atomic mass is 19.4. The Kier molecular flexibility index (Phi) is 4.02. The van der Waals surface area contributed by atoms with Crippen molar-refractivity contribution in [2.45, 2.75) is 44.8 Å². The van der Waals surface area contributed by atoms with Crippen LogP contribution in [0.15, 0.2) is 18.2 Å². The van der Waals surface area contributed by atoms with Gasteiger partial charge in [0.1, 0.15) is 5.82 Å². The van der Waals surface area contributed by atoms with Crippen LogP contribution in [0.2, 0.25) is 0 Å². The van der Waals surface area contributed by atoms with Gasteiger partial charge in [0.05, 0.1) is 11.3 Å². The van der Waals surface area contributed by atoms with Gasteiger partial charge in [-0.05, 0) is 49.8 Å². The van der Waals surface area contributed by atoms with Crippen molar-refractivity contribution in [2.75, 3.05) is 5.32 Å². The smallest absolute Gasteiger partial charge is 0.380 e. The molecule has 0 aliphatic heterocycles. The number of hydrogen-bond acceptors (Lipinski definition) is 1. The van der Waals surface area contributed by atoms with Gasteiger partial charge in [0.15, 0.2) is 0 Å². The molecule has 0 atom stereocenters. The number of anilines is 1. The summed E-state index contributed by atoms with van der Waals surface area (Å²) in [5.74, 6) is -0.163. The van der Waals surface area contributed by atoms with Crippen molar-refractivity contribution >= 4 is 5.69 Å². The Balaban J connectivity index is 2.05. The molecule has 0 saturated heterocycles. The summed E-state index contributed by atoms with van der Waals surface area (Å²) in [4.78, 5) is 0. The van der Waals surface area contributed by atoms with Gasteiger partial charge in [-0.1, -0.05) is 6.92 Å². The van der Waals surface area contributed by atoms with Crippen LogP contribution in [-0.2, 0) is 6.18 Å². The van der Waals surface area contributed by atoms with Crippen LogP contribution >= 0.6 is 0 Å². The lowest BCUT2D eigenvalue weighted by molar-refractivity contribution is -0.137. The van der Waals surface area contributed by atoms with E-state index < -0.39 is 17.6 Å². The maximum atomic E-state index is 13.6. The van der Waals surface area contributed by atoms with Gasteiger partial charge >= 0.3 is 6.18 Å². The van der Waals surface area contributed by atoms with Gasteiger partial charge in [-0.25, -0.2) is 4.39 Å². The Morgan fingerprint density at radius 2 is 1.74 bits per heavy atom. The highest BCUT2D eigenvalue weighted by molar-refractivity contribution is 5.47. The third kappa shape index (κ3) is 3.61. The van der Waals surface area contributed by atoms with Crippen LogP contribution < -0.4 is 5.32 Å². The molecule has 19 heavy (non-hydrogen) atoms. The third-order valence-electron chi connectivity index (χ3n) is 3.67. The number of benzene rings is 1. The standard InChI is InChI=1S/C14H17F4N/c1-9-2-5-11(6-3-9)19-13-7-4-10(8-12(13)15)14(16,17)18/h4,7-9,11,19H,2-3,5-6H2,1H3. The summed E-state index contributed by atoms with van der Waals surface area (Å²) in [5.41, 5.74) is -0.791. The maximum absolute atomic E-state index is 13.6. The fourth-order valence-electron chi connectivity index (χ4n) is 2.43. The predicted octanol–water partition coefficient (Wildman–Crippen LogP) is 4.84. The molecule has 0 spiro atoms. The molecule has 1 nitrogen and oxygen atoms in total. The highest BCUT2D eigenvalue weighted by Gasteiger charge is 2.31. The Labute approximate surface area is 110 Å². The van der Waals surface area contributed by atoms with Gasteiger partial charge in [0, 0.05) is 6.04 Å². The molecule has 0 radical (unpaired) electrons. The number of hydrogen-bond donors (Lipinski definition) is 1. The second kappa shape index (κ2) is 5.39. The maximum Gasteiger partial charge on any atom is 0.416 e. The second-order valence-corrected chi connectivity index (χ2v) is 5.29. The van der Waals surface area contributed by atoms with E-state index in [1.807, 2.05) is 0 Å². The number of alkyl halides is 3. The molecule has 1 fully saturated rings. The van der Waals surface area contributed by atoms with Crippen molar-refractivity contribution in [3.8, 4) is 0 Å². The predicted molar refractivity (Wildman–Crippen MR) is 66.4 cm³/mol. The fourth-order valence-corrected chi connectivity index (χ4v) is 2.43. The normalized spacial score (nSPS) is 24.3. The van der Waals surface area contributed by atoms with Crippen molar-refractivity contribution < 1.29 is 17.6 Å². The van der Waals surface area contributed by atoms with Crippen molar-refractivity contribution in [2.24, 2.45) is 5.92 Å². The lowest BCUT2D eigenvalue weighted by Crippen LogP contribution is -2.25. The molecule has 0 unspecified atom stereocenters. The Hall–Kier alpha value is -1.26. The first-order valence-electron chi connectivity index (χ1n) is 6.49. The third-order valence-corrected chi connectivity index (χ3v) is 3.67. The van der Waals surface area contributed by atoms with Crippen LogP contribution in [0, 0.1) is 11.7 Å². The minimum atomic E-state index is -4.50. The summed E-state index contributed by atoms with van der Waals surface area (Å²) in [6.07, 6.45) is -0.497. The fraction of sp³-hybridized carbons (Fsp3) is 0.571. The lowest BCUT2D eigenvalue weighted by atomic mass is 9.87. The van der Waals surface area contributed by atoms with E-state index in [1.54, 1.807) is 0 Å². The molecule has 1 aliphatic rings. The quantitative estimate of drug-likeness (QED) is 0.762. The lowest BCUT2D eigenvalue weighted by Gasteiger charge is -2.28. The summed E-state index contributed by atoms with van der Waals surface area (Å²) in [6.45, 7) is 2.18. The van der Waals surface area contributed by atoms with Gasteiger partial charge in [-0.2, -0.15) is 13.2 Å². The molecule has 0 aromatic heterocycles. The van der Waals surface area contributed by atoms with E-state index in [-0.39, 0.29) is 11.7 Å². The first-order valence-corrected chi connectivity index (χ1v) is 6.49. The summed E-state index contributed by atoms with van der Waals surface area (Å²) in [6, 6.07) is 2.79. The molecule has 106 valence electrons. The van der Waals surface area contributed by atoms with E-state index in [0.29, 0.717) is 12.0 Å².